The van der Waals surface area contributed by atoms with Gasteiger partial charge in [0.1, 0.15) is 17.7 Å². The van der Waals surface area contributed by atoms with Gasteiger partial charge in [0, 0.05) is 18.7 Å². The van der Waals surface area contributed by atoms with E-state index in [1.807, 2.05) is 0 Å². The maximum absolute atomic E-state index is 12.9. The summed E-state index contributed by atoms with van der Waals surface area (Å²) in [6.07, 6.45) is 7.43. The van der Waals surface area contributed by atoms with Crippen molar-refractivity contribution in [3.8, 4) is 5.75 Å². The first kappa shape index (κ1) is 35.5. The largest absolute Gasteiger partial charge is 0.489 e. The minimum atomic E-state index is -4.20. The smallest absolute Gasteiger partial charge is 0.320 e. The number of hydrogen-bond donors (Lipinski definition) is 3. The topological polar surface area (TPSA) is 137 Å². The summed E-state index contributed by atoms with van der Waals surface area (Å²) in [4.78, 5) is 13.7. The number of amidine groups is 1. The van der Waals surface area contributed by atoms with E-state index in [1.54, 1.807) is 48.6 Å². The average Bonchev–Trinajstić information content (AvgIpc) is 2.86. The van der Waals surface area contributed by atoms with Gasteiger partial charge in [0.2, 0.25) is 10.0 Å². The van der Waals surface area contributed by atoms with E-state index >= 15 is 0 Å². The number of anilines is 1. The summed E-state index contributed by atoms with van der Waals surface area (Å²) >= 11 is 6.50. The number of nitrogens with zero attached hydrogens (tertiary/aromatic N) is 2. The van der Waals surface area contributed by atoms with Gasteiger partial charge in [0.05, 0.1) is 17.3 Å². The van der Waals surface area contributed by atoms with Crippen LogP contribution in [0.2, 0.25) is 5.02 Å². The van der Waals surface area contributed by atoms with Gasteiger partial charge in [-0.05, 0) is 55.6 Å². The molecule has 0 amide bonds. The lowest BCUT2D eigenvalue weighted by molar-refractivity contribution is -0.134. The zero-order valence-electron chi connectivity index (χ0n) is 22.3. The van der Waals surface area contributed by atoms with Gasteiger partial charge in [0.15, 0.2) is 5.75 Å². The Kier molecular flexibility index (Phi) is 14.8. The van der Waals surface area contributed by atoms with Crippen LogP contribution >= 0.6 is 36.4 Å². The van der Waals surface area contributed by atoms with Gasteiger partial charge in [-0.25, -0.2) is 8.42 Å². The van der Waals surface area contributed by atoms with Crippen LogP contribution in [-0.4, -0.2) is 68.3 Å². The van der Waals surface area contributed by atoms with Crippen molar-refractivity contribution < 1.29 is 23.1 Å². The van der Waals surface area contributed by atoms with Crippen LogP contribution in [0.1, 0.15) is 43.7 Å². The highest BCUT2D eigenvalue weighted by molar-refractivity contribution is 7.93. The molecule has 0 aromatic heterocycles. The van der Waals surface area contributed by atoms with E-state index < -0.39 is 21.7 Å². The van der Waals surface area contributed by atoms with Gasteiger partial charge >= 0.3 is 5.97 Å². The maximum atomic E-state index is 12.9. The molecule has 3 rings (SSSR count). The molecule has 1 aliphatic heterocycles. The molecular formula is C27H37Cl3N4O5S. The quantitative estimate of drug-likeness (QED) is 0.207. The number of likely N-dealkylation sites (tertiary alicyclic amines) is 1. The third kappa shape index (κ3) is 10.5. The highest BCUT2D eigenvalue weighted by Gasteiger charge is 2.26. The normalized spacial score (nSPS) is 14.2. The Bertz CT molecular complexity index is 1270. The van der Waals surface area contributed by atoms with Crippen LogP contribution in [0.4, 0.5) is 5.69 Å². The number of aliphatic carboxylic acids is 1. The highest BCUT2D eigenvalue weighted by Crippen LogP contribution is 2.32. The molecule has 0 spiro atoms. The standard InChI is InChI=1S/C27H35ClN4O5S.2ClH/c1-2-3-13-31-15-11-23(12-16-31)37-25-10-9-22(18-24(25)28)32(38(35,36)19-26(33)34)14-5-7-20-6-4-8-21(17-20)27(29)30;;/h4-10,17-18,23H,2-3,11-16,19H2,1H3,(H3,29,30)(H,33,34);2*1H/b7-5+;;. The van der Waals surface area contributed by atoms with Crippen LogP contribution < -0.4 is 14.8 Å². The van der Waals surface area contributed by atoms with Crippen molar-refractivity contribution in [2.24, 2.45) is 5.73 Å². The lowest BCUT2D eigenvalue weighted by Gasteiger charge is -2.32. The summed E-state index contributed by atoms with van der Waals surface area (Å²) in [6, 6.07) is 11.6. The van der Waals surface area contributed by atoms with Gasteiger partial charge in [-0.3, -0.25) is 14.5 Å². The number of nitrogen functional groups attached to an aromatic ring is 1. The Labute approximate surface area is 253 Å². The van der Waals surface area contributed by atoms with Gasteiger partial charge in [0.25, 0.3) is 0 Å². The number of nitrogens with one attached hydrogen (secondary N) is 1. The third-order valence-corrected chi connectivity index (χ3v) is 8.22. The summed E-state index contributed by atoms with van der Waals surface area (Å²) in [6.45, 7) is 5.08. The summed E-state index contributed by atoms with van der Waals surface area (Å²) in [5.41, 5.74) is 7.03. The molecule has 0 radical (unpaired) electrons. The number of nitrogens with two attached hydrogens (primary N) is 1. The van der Waals surface area contributed by atoms with Crippen molar-refractivity contribution in [3.05, 3.63) is 64.7 Å². The Morgan fingerprint density at radius 2 is 1.93 bits per heavy atom. The fourth-order valence-electron chi connectivity index (χ4n) is 4.26. The number of piperidine rings is 1. The maximum Gasteiger partial charge on any atom is 0.320 e. The minimum Gasteiger partial charge on any atom is -0.489 e. The van der Waals surface area contributed by atoms with E-state index in [0.29, 0.717) is 11.3 Å². The molecule has 0 atom stereocenters. The molecule has 1 fully saturated rings. The monoisotopic (exact) mass is 634 g/mol. The van der Waals surface area contributed by atoms with Crippen molar-refractivity contribution >= 4 is 70.0 Å². The Balaban J connectivity index is 0.00000400. The second-order valence-corrected chi connectivity index (χ2v) is 11.6. The highest BCUT2D eigenvalue weighted by atomic mass is 35.5. The molecule has 4 N–H and O–H groups in total. The summed E-state index contributed by atoms with van der Waals surface area (Å²) < 4.78 is 33.0. The third-order valence-electron chi connectivity index (χ3n) is 6.28. The molecule has 2 aromatic carbocycles. The number of benzene rings is 2. The van der Waals surface area contributed by atoms with Crippen LogP contribution in [0, 0.1) is 5.41 Å². The van der Waals surface area contributed by atoms with Crippen LogP contribution in [0.5, 0.6) is 5.75 Å². The zero-order chi connectivity index (χ0) is 27.7. The molecule has 40 heavy (non-hydrogen) atoms. The van der Waals surface area contributed by atoms with Crippen LogP contribution in [0.3, 0.4) is 0 Å². The summed E-state index contributed by atoms with van der Waals surface area (Å²) in [7, 11) is -4.20. The number of carbonyl (C=O) groups is 1. The lowest BCUT2D eigenvalue weighted by Crippen LogP contribution is -2.38. The van der Waals surface area contributed by atoms with Gasteiger partial charge < -0.3 is 20.5 Å². The van der Waals surface area contributed by atoms with Crippen molar-refractivity contribution in [2.75, 3.05) is 36.2 Å². The summed E-state index contributed by atoms with van der Waals surface area (Å²) in [5.74, 6) is -2.13. The van der Waals surface area contributed by atoms with E-state index in [1.165, 1.54) is 18.9 Å². The molecular weight excluding hydrogens is 599 g/mol. The molecule has 13 heteroatoms. The first-order valence-corrected chi connectivity index (χ1v) is 14.6. The molecule has 1 aliphatic rings. The second kappa shape index (κ2) is 16.7. The predicted octanol–water partition coefficient (Wildman–Crippen LogP) is 5.05. The van der Waals surface area contributed by atoms with Crippen LogP contribution in [0.15, 0.2) is 48.5 Å². The Morgan fingerprint density at radius 1 is 1.23 bits per heavy atom. The van der Waals surface area contributed by atoms with Crippen molar-refractivity contribution in [3.63, 3.8) is 0 Å². The fraction of sp³-hybridized carbons (Fsp3) is 0.407. The number of sulfonamides is 1. The Hall–Kier alpha value is -2.50. The number of ether oxygens (including phenoxy) is 1. The fourth-order valence-corrected chi connectivity index (χ4v) is 5.70. The van der Waals surface area contributed by atoms with Crippen molar-refractivity contribution in [2.45, 2.75) is 38.7 Å². The predicted molar refractivity (Wildman–Crippen MR) is 166 cm³/mol. The van der Waals surface area contributed by atoms with Crippen molar-refractivity contribution in [1.29, 1.82) is 5.41 Å². The number of rotatable bonds is 13. The molecule has 0 aliphatic carbocycles. The van der Waals surface area contributed by atoms with E-state index in [9.17, 15) is 18.3 Å². The number of unbranched alkanes of at least 4 members (excludes halogenated alkanes) is 1. The SMILES string of the molecule is CCCCN1CCC(Oc2ccc(N(C/C=C/c3cccc(C(=N)N)c3)S(=O)(=O)CC(=O)O)cc2Cl)CC1.Cl.Cl. The molecule has 0 bridgehead atoms. The molecule has 9 nitrogen and oxygen atoms in total. The van der Waals surface area contributed by atoms with E-state index in [4.69, 9.17) is 27.5 Å². The number of carboxylic acids is 1. The second-order valence-electron chi connectivity index (χ2n) is 9.25. The summed E-state index contributed by atoms with van der Waals surface area (Å²) in [5, 5.41) is 17.0. The van der Waals surface area contributed by atoms with Crippen molar-refractivity contribution in [1.82, 2.24) is 4.90 Å². The molecule has 0 unspecified atom stereocenters. The van der Waals surface area contributed by atoms with Gasteiger partial charge in [-0.15, -0.1) is 24.8 Å². The lowest BCUT2D eigenvalue weighted by atomic mass is 10.1. The Morgan fingerprint density at radius 3 is 2.52 bits per heavy atom. The first-order chi connectivity index (χ1) is 18.1. The van der Waals surface area contributed by atoms with E-state index in [-0.39, 0.29) is 54.0 Å². The van der Waals surface area contributed by atoms with Gasteiger partial charge in [-0.1, -0.05) is 55.3 Å². The van der Waals surface area contributed by atoms with Gasteiger partial charge in [-0.2, -0.15) is 0 Å². The van der Waals surface area contributed by atoms with Crippen LogP contribution in [0.25, 0.3) is 6.08 Å². The van der Waals surface area contributed by atoms with E-state index in [0.717, 1.165) is 42.3 Å². The molecule has 2 aromatic rings. The molecule has 1 heterocycles. The molecule has 1 saturated heterocycles. The van der Waals surface area contributed by atoms with Crippen LogP contribution in [-0.2, 0) is 14.8 Å². The molecule has 222 valence electrons. The average molecular weight is 636 g/mol. The van der Waals surface area contributed by atoms with E-state index in [2.05, 4.69) is 11.8 Å². The minimum absolute atomic E-state index is 0. The zero-order valence-corrected chi connectivity index (χ0v) is 25.5. The first-order valence-electron chi connectivity index (χ1n) is 12.6. The number of hydrogen-bond acceptors (Lipinski definition) is 6. The molecule has 0 saturated carbocycles. The number of halogens is 3. The number of carboxylic acid groups (broad SMARTS) is 1.